The Morgan fingerprint density at radius 1 is 0.974 bits per heavy atom. The number of anilines is 1. The third-order valence-corrected chi connectivity index (χ3v) is 7.51. The summed E-state index contributed by atoms with van der Waals surface area (Å²) in [4.78, 5) is 29.1. The van der Waals surface area contributed by atoms with E-state index in [1.54, 1.807) is 38.3 Å². The van der Waals surface area contributed by atoms with Gasteiger partial charge in [-0.3, -0.25) is 14.5 Å². The maximum absolute atomic E-state index is 13.2. The van der Waals surface area contributed by atoms with Gasteiger partial charge in [-0.05, 0) is 81.5 Å². The molecule has 0 saturated carbocycles. The summed E-state index contributed by atoms with van der Waals surface area (Å²) in [5, 5.41) is 27.1. The molecule has 2 aromatic carbocycles. The van der Waals surface area contributed by atoms with Crippen molar-refractivity contribution in [3.63, 3.8) is 0 Å². The molecule has 0 saturated heterocycles. The van der Waals surface area contributed by atoms with E-state index in [-0.39, 0.29) is 5.91 Å². The second-order valence-corrected chi connectivity index (χ2v) is 11.3. The van der Waals surface area contributed by atoms with Gasteiger partial charge < -0.3 is 15.5 Å². The zero-order valence-corrected chi connectivity index (χ0v) is 24.2. The van der Waals surface area contributed by atoms with Crippen LogP contribution in [0.3, 0.4) is 0 Å². The molecule has 4 N–H and O–H groups in total. The van der Waals surface area contributed by atoms with Crippen LogP contribution in [-0.2, 0) is 6.54 Å². The summed E-state index contributed by atoms with van der Waals surface area (Å²) in [6.07, 6.45) is 0.506. The van der Waals surface area contributed by atoms with E-state index in [1.165, 1.54) is 16.9 Å². The monoisotopic (exact) mass is 550 g/mol. The van der Waals surface area contributed by atoms with Gasteiger partial charge in [0.2, 0.25) is 0 Å². The molecule has 0 aliphatic rings. The van der Waals surface area contributed by atoms with E-state index in [4.69, 9.17) is 0 Å². The predicted octanol–water partition coefficient (Wildman–Crippen LogP) is 4.56. The molecule has 2 unspecified atom stereocenters. The molecular weight excluding hydrogens is 512 g/mol. The number of hydrogen-bond donors (Lipinski definition) is 4. The number of carbonyl (C=O) groups excluding carboxylic acids is 2. The molecule has 0 aliphatic carbocycles. The van der Waals surface area contributed by atoms with Crippen molar-refractivity contribution in [3.05, 3.63) is 86.3 Å². The number of aliphatic hydroxyl groups excluding tert-OH is 2. The molecule has 0 bridgehead atoms. The van der Waals surface area contributed by atoms with Crippen LogP contribution in [0.4, 0.5) is 5.00 Å². The average Bonchev–Trinajstić information content (AvgIpc) is 3.13. The Morgan fingerprint density at radius 2 is 1.67 bits per heavy atom. The fourth-order valence-corrected chi connectivity index (χ4v) is 5.30. The Labute approximate surface area is 234 Å². The zero-order chi connectivity index (χ0) is 28.7. The lowest BCUT2D eigenvalue weighted by atomic mass is 10.1. The van der Waals surface area contributed by atoms with Gasteiger partial charge in [-0.15, -0.1) is 11.3 Å². The minimum atomic E-state index is -0.546. The van der Waals surface area contributed by atoms with E-state index >= 15 is 0 Å². The molecule has 1 heterocycles. The molecule has 9 heteroatoms. The molecule has 39 heavy (non-hydrogen) atoms. The van der Waals surface area contributed by atoms with Gasteiger partial charge in [-0.1, -0.05) is 30.3 Å². The van der Waals surface area contributed by atoms with Crippen LogP contribution >= 0.6 is 11.3 Å². The number of thiophene rings is 1. The first kappa shape index (κ1) is 30.2. The Balaban J connectivity index is 1.74. The van der Waals surface area contributed by atoms with Gasteiger partial charge in [0.1, 0.15) is 5.00 Å². The average molecular weight is 551 g/mol. The lowest BCUT2D eigenvalue weighted by Gasteiger charge is -2.25. The van der Waals surface area contributed by atoms with Crippen LogP contribution in [0.1, 0.15) is 67.3 Å². The Hall–Kier alpha value is -3.37. The standard InChI is InChI=1S/C30H38N4O4S/c1-18-10-11-24(12-19(18)2)14-31-33-29(38)27-22(5)23(6)39-30(27)32-28(37)26-9-7-8-25(13-26)17-34(15-20(3)35)16-21(4)36/h7-14,20-21,35-36H,15-17H2,1-6H3,(H,32,37)(H,33,38)/b31-14+. The highest BCUT2D eigenvalue weighted by Crippen LogP contribution is 2.33. The molecule has 2 amide bonds. The van der Waals surface area contributed by atoms with Crippen molar-refractivity contribution in [1.82, 2.24) is 10.3 Å². The smallest absolute Gasteiger partial charge is 0.274 e. The van der Waals surface area contributed by atoms with Crippen LogP contribution in [-0.4, -0.2) is 58.4 Å². The van der Waals surface area contributed by atoms with Crippen LogP contribution in [0.2, 0.25) is 0 Å². The molecule has 208 valence electrons. The molecule has 0 radical (unpaired) electrons. The maximum atomic E-state index is 13.2. The Kier molecular flexibility index (Phi) is 10.5. The van der Waals surface area contributed by atoms with Crippen molar-refractivity contribution < 1.29 is 19.8 Å². The van der Waals surface area contributed by atoms with E-state index in [0.717, 1.165) is 27.1 Å². The van der Waals surface area contributed by atoms with Gasteiger partial charge in [0, 0.05) is 30.1 Å². The number of aryl methyl sites for hydroxylation is 3. The number of rotatable bonds is 11. The second-order valence-electron chi connectivity index (χ2n) is 10.1. The van der Waals surface area contributed by atoms with Crippen LogP contribution in [0.5, 0.6) is 0 Å². The minimum Gasteiger partial charge on any atom is -0.392 e. The number of nitrogens with one attached hydrogen (secondary N) is 2. The van der Waals surface area contributed by atoms with Gasteiger partial charge >= 0.3 is 0 Å². The number of aliphatic hydroxyl groups is 2. The van der Waals surface area contributed by atoms with Gasteiger partial charge in [-0.2, -0.15) is 5.10 Å². The summed E-state index contributed by atoms with van der Waals surface area (Å²) in [7, 11) is 0. The van der Waals surface area contributed by atoms with Crippen molar-refractivity contribution in [2.24, 2.45) is 5.10 Å². The first-order valence-electron chi connectivity index (χ1n) is 12.9. The quantitative estimate of drug-likeness (QED) is 0.206. The number of hydrazone groups is 1. The lowest BCUT2D eigenvalue weighted by Crippen LogP contribution is -2.35. The molecule has 0 fully saturated rings. The number of hydrogen-bond acceptors (Lipinski definition) is 7. The van der Waals surface area contributed by atoms with Gasteiger partial charge in [0.05, 0.1) is 24.0 Å². The first-order valence-corrected chi connectivity index (χ1v) is 13.8. The lowest BCUT2D eigenvalue weighted by molar-refractivity contribution is 0.0793. The summed E-state index contributed by atoms with van der Waals surface area (Å²) >= 11 is 1.35. The van der Waals surface area contributed by atoms with Crippen LogP contribution in [0.25, 0.3) is 0 Å². The molecule has 3 rings (SSSR count). The van der Waals surface area contributed by atoms with Crippen LogP contribution in [0, 0.1) is 27.7 Å². The topological polar surface area (TPSA) is 114 Å². The first-order chi connectivity index (χ1) is 18.4. The van der Waals surface area contributed by atoms with E-state index in [9.17, 15) is 19.8 Å². The van der Waals surface area contributed by atoms with Gasteiger partial charge in [0.25, 0.3) is 11.8 Å². The number of benzene rings is 2. The van der Waals surface area contributed by atoms with Crippen molar-refractivity contribution in [2.45, 2.75) is 60.3 Å². The largest absolute Gasteiger partial charge is 0.392 e. The minimum absolute atomic E-state index is 0.330. The molecule has 0 aliphatic heterocycles. The fraction of sp³-hybridized carbons (Fsp3) is 0.367. The zero-order valence-electron chi connectivity index (χ0n) is 23.4. The Morgan fingerprint density at radius 3 is 2.31 bits per heavy atom. The summed E-state index contributed by atoms with van der Waals surface area (Å²) in [6, 6.07) is 13.1. The summed E-state index contributed by atoms with van der Waals surface area (Å²) in [5.74, 6) is -0.726. The van der Waals surface area contributed by atoms with Gasteiger partial charge in [0.15, 0.2) is 0 Å². The third kappa shape index (κ3) is 8.56. The highest BCUT2D eigenvalue weighted by molar-refractivity contribution is 7.16. The fourth-order valence-electron chi connectivity index (χ4n) is 4.25. The summed E-state index contributed by atoms with van der Waals surface area (Å²) < 4.78 is 0. The SMILES string of the molecule is Cc1ccc(/C=N/NC(=O)c2c(NC(=O)c3cccc(CN(CC(C)O)CC(C)O)c3)sc(C)c2C)cc1C. The van der Waals surface area contributed by atoms with E-state index in [2.05, 4.69) is 15.8 Å². The Bertz CT molecular complexity index is 1340. The van der Waals surface area contributed by atoms with Crippen molar-refractivity contribution in [3.8, 4) is 0 Å². The van der Waals surface area contributed by atoms with E-state index in [1.807, 2.05) is 56.9 Å². The summed E-state index contributed by atoms with van der Waals surface area (Å²) in [5.41, 5.74) is 8.29. The van der Waals surface area contributed by atoms with Crippen molar-refractivity contribution in [1.29, 1.82) is 0 Å². The predicted molar refractivity (Wildman–Crippen MR) is 158 cm³/mol. The second kappa shape index (κ2) is 13.6. The number of nitrogens with zero attached hydrogens (tertiary/aromatic N) is 2. The van der Waals surface area contributed by atoms with Crippen molar-refractivity contribution >= 4 is 34.4 Å². The molecule has 1 aromatic heterocycles. The highest BCUT2D eigenvalue weighted by atomic mass is 32.1. The molecular formula is C30H38N4O4S. The molecule has 2 atom stereocenters. The number of amides is 2. The van der Waals surface area contributed by atoms with Crippen LogP contribution < -0.4 is 10.7 Å². The molecule has 3 aromatic rings. The normalized spacial score (nSPS) is 13.1. The van der Waals surface area contributed by atoms with Crippen molar-refractivity contribution in [2.75, 3.05) is 18.4 Å². The molecule has 0 spiro atoms. The molecule has 8 nitrogen and oxygen atoms in total. The summed E-state index contributed by atoms with van der Waals surface area (Å²) in [6.45, 7) is 12.5. The van der Waals surface area contributed by atoms with E-state index in [0.29, 0.717) is 35.8 Å². The number of carbonyl (C=O) groups is 2. The third-order valence-electron chi connectivity index (χ3n) is 6.39. The van der Waals surface area contributed by atoms with Gasteiger partial charge in [-0.25, -0.2) is 5.43 Å². The van der Waals surface area contributed by atoms with Crippen LogP contribution in [0.15, 0.2) is 47.6 Å². The van der Waals surface area contributed by atoms with E-state index < -0.39 is 18.1 Å². The highest BCUT2D eigenvalue weighted by Gasteiger charge is 2.22. The maximum Gasteiger partial charge on any atom is 0.274 e.